The van der Waals surface area contributed by atoms with Gasteiger partial charge in [-0.15, -0.1) is 0 Å². The minimum absolute atomic E-state index is 0.0120. The van der Waals surface area contributed by atoms with Crippen molar-refractivity contribution in [2.75, 3.05) is 26.7 Å². The van der Waals surface area contributed by atoms with Gasteiger partial charge in [0.05, 0.1) is 17.3 Å². The van der Waals surface area contributed by atoms with Crippen molar-refractivity contribution in [1.29, 1.82) is 0 Å². The Kier molecular flexibility index (Phi) is 7.80. The number of aryl methyl sites for hydroxylation is 2. The van der Waals surface area contributed by atoms with Crippen molar-refractivity contribution in [1.82, 2.24) is 24.5 Å². The molecule has 2 aromatic rings. The van der Waals surface area contributed by atoms with Crippen LogP contribution in [0.5, 0.6) is 0 Å². The maximum Gasteiger partial charge on any atom is 0.251 e. The molecule has 1 saturated heterocycles. The summed E-state index contributed by atoms with van der Waals surface area (Å²) in [6.45, 7) is 15.4. The number of likely N-dealkylation sites (N-methyl/N-ethyl adjacent to an activating group) is 1. The summed E-state index contributed by atoms with van der Waals surface area (Å²) in [5.41, 5.74) is 5.26. The third kappa shape index (κ3) is 5.38. The van der Waals surface area contributed by atoms with Gasteiger partial charge >= 0.3 is 0 Å². The Hall–Kier alpha value is -2.86. The van der Waals surface area contributed by atoms with Crippen LogP contribution in [-0.4, -0.2) is 69.2 Å². The number of carbonyl (C=O) groups excluding carboxylic acids is 1. The highest BCUT2D eigenvalue weighted by atomic mass is 16.2. The predicted molar refractivity (Wildman–Crippen MR) is 138 cm³/mol. The number of benzene rings is 1. The number of aromatic nitrogens is 2. The molecular weight excluding hydrogens is 410 g/mol. The van der Waals surface area contributed by atoms with E-state index in [1.807, 2.05) is 49.8 Å². The average Bonchev–Trinajstić information content (AvgIpc) is 3.18. The van der Waals surface area contributed by atoms with E-state index in [0.717, 1.165) is 52.9 Å². The van der Waals surface area contributed by atoms with E-state index < -0.39 is 0 Å². The predicted octanol–water partition coefficient (Wildman–Crippen LogP) is 4.58. The smallest absolute Gasteiger partial charge is 0.251 e. The number of nitrogens with zero attached hydrogens (tertiary/aromatic N) is 5. The molecule has 0 aliphatic carbocycles. The Bertz CT molecular complexity index is 1090. The van der Waals surface area contributed by atoms with Crippen LogP contribution in [0.2, 0.25) is 0 Å². The topological polar surface area (TPSA) is 44.6 Å². The molecule has 1 aromatic heterocycles. The lowest BCUT2D eigenvalue weighted by molar-refractivity contribution is -0.124. The molecule has 6 heteroatoms. The number of fused-ring (bicyclic) bond motifs is 1. The van der Waals surface area contributed by atoms with E-state index in [0.29, 0.717) is 6.04 Å². The number of hydrogen-bond acceptors (Lipinski definition) is 4. The summed E-state index contributed by atoms with van der Waals surface area (Å²) < 4.78 is 1.83. The van der Waals surface area contributed by atoms with Crippen LogP contribution < -0.4 is 0 Å². The minimum atomic E-state index is 0.0120. The van der Waals surface area contributed by atoms with Crippen molar-refractivity contribution >= 4 is 22.4 Å². The second-order valence-electron chi connectivity index (χ2n) is 9.04. The van der Waals surface area contributed by atoms with Crippen LogP contribution in [0.3, 0.4) is 0 Å². The maximum absolute atomic E-state index is 13.2. The van der Waals surface area contributed by atoms with Crippen molar-refractivity contribution in [2.45, 2.75) is 53.6 Å². The first-order valence-electron chi connectivity index (χ1n) is 12.0. The minimum Gasteiger partial charge on any atom is -0.368 e. The van der Waals surface area contributed by atoms with Gasteiger partial charge < -0.3 is 14.7 Å². The van der Waals surface area contributed by atoms with Gasteiger partial charge in [-0.2, -0.15) is 5.10 Å². The van der Waals surface area contributed by atoms with E-state index in [9.17, 15) is 4.79 Å². The lowest BCUT2D eigenvalue weighted by Gasteiger charge is -2.41. The van der Waals surface area contributed by atoms with Gasteiger partial charge in [0.15, 0.2) is 0 Å². The van der Waals surface area contributed by atoms with Gasteiger partial charge in [-0.25, -0.2) is 0 Å². The highest BCUT2D eigenvalue weighted by molar-refractivity contribution is 5.97. The van der Waals surface area contributed by atoms with Crippen LogP contribution in [0.1, 0.15) is 45.7 Å². The molecule has 1 unspecified atom stereocenters. The lowest BCUT2D eigenvalue weighted by atomic mass is 10.0. The molecule has 33 heavy (non-hydrogen) atoms. The fourth-order valence-electron chi connectivity index (χ4n) is 4.37. The van der Waals surface area contributed by atoms with E-state index >= 15 is 0 Å². The monoisotopic (exact) mass is 449 g/mol. The van der Waals surface area contributed by atoms with Gasteiger partial charge in [-0.3, -0.25) is 9.48 Å². The first-order chi connectivity index (χ1) is 15.7. The fourth-order valence-corrected chi connectivity index (χ4v) is 4.37. The van der Waals surface area contributed by atoms with Crippen molar-refractivity contribution in [2.24, 2.45) is 7.05 Å². The Labute approximate surface area is 198 Å². The number of amides is 1. The second-order valence-corrected chi connectivity index (χ2v) is 9.04. The van der Waals surface area contributed by atoms with Crippen LogP contribution in [0.4, 0.5) is 0 Å². The van der Waals surface area contributed by atoms with Gasteiger partial charge in [0.1, 0.15) is 0 Å². The summed E-state index contributed by atoms with van der Waals surface area (Å²) >= 11 is 0. The number of hydrogen-bond donors (Lipinski definition) is 0. The number of carbonyl (C=O) groups is 1. The van der Waals surface area contributed by atoms with Gasteiger partial charge in [0.2, 0.25) is 0 Å². The molecule has 0 spiro atoms. The van der Waals surface area contributed by atoms with Crippen molar-refractivity contribution in [3.05, 3.63) is 59.6 Å². The SMILES string of the molecule is C/C(=C\C(=O)N1C=C(N2CCN(C)[C@@H](C)C2)C=CC1C)c1cc(C)c2nn(C)cc2c1.CC. The molecular formula is C27H39N5O. The zero-order valence-corrected chi connectivity index (χ0v) is 21.5. The van der Waals surface area contributed by atoms with E-state index in [1.54, 1.807) is 6.08 Å². The number of allylic oxidation sites excluding steroid dienone is 2. The summed E-state index contributed by atoms with van der Waals surface area (Å²) in [4.78, 5) is 19.8. The average molecular weight is 450 g/mol. The fraction of sp³-hybridized carbons (Fsp3) is 0.481. The summed E-state index contributed by atoms with van der Waals surface area (Å²) in [5.74, 6) is 0.0120. The van der Waals surface area contributed by atoms with Gasteiger partial charge in [-0.05, 0) is 69.7 Å². The molecule has 1 amide bonds. The maximum atomic E-state index is 13.2. The first-order valence-corrected chi connectivity index (χ1v) is 12.0. The van der Waals surface area contributed by atoms with Crippen molar-refractivity contribution in [3.8, 4) is 0 Å². The van der Waals surface area contributed by atoms with Gasteiger partial charge in [-0.1, -0.05) is 19.9 Å². The third-order valence-electron chi connectivity index (χ3n) is 6.54. The molecule has 4 rings (SSSR count). The zero-order valence-electron chi connectivity index (χ0n) is 21.5. The van der Waals surface area contributed by atoms with E-state index in [4.69, 9.17) is 0 Å². The van der Waals surface area contributed by atoms with Crippen molar-refractivity contribution < 1.29 is 4.79 Å². The Morgan fingerprint density at radius 1 is 1.15 bits per heavy atom. The second kappa shape index (κ2) is 10.4. The molecule has 0 radical (unpaired) electrons. The normalized spacial score (nSPS) is 21.7. The molecule has 0 N–H and O–H groups in total. The molecule has 1 fully saturated rings. The Balaban J connectivity index is 0.00000149. The quantitative estimate of drug-likeness (QED) is 0.644. The molecule has 0 saturated carbocycles. The van der Waals surface area contributed by atoms with Gasteiger partial charge in [0, 0.05) is 56.6 Å². The van der Waals surface area contributed by atoms with Crippen LogP contribution in [0.15, 0.2) is 48.5 Å². The lowest BCUT2D eigenvalue weighted by Crippen LogP contribution is -2.50. The highest BCUT2D eigenvalue weighted by Gasteiger charge is 2.25. The van der Waals surface area contributed by atoms with E-state index in [-0.39, 0.29) is 11.9 Å². The molecule has 6 nitrogen and oxygen atoms in total. The molecule has 2 aliphatic heterocycles. The third-order valence-corrected chi connectivity index (χ3v) is 6.54. The summed E-state index contributed by atoms with van der Waals surface area (Å²) in [6.07, 6.45) is 10.1. The standard InChI is InChI=1S/C25H33N5O.C2H6/c1-17(21-11-18(2)25-22(13-21)15-28(6)26-25)12-24(31)30-16-23(8-7-19(30)3)29-10-9-27(5)20(4)14-29;1-2/h7-8,11-13,15-16,19-20H,9-10,14H2,1-6H3;1-2H3/b17-12+;/t19?,20-;/m0./s1. The van der Waals surface area contributed by atoms with Crippen LogP contribution in [0.25, 0.3) is 16.5 Å². The van der Waals surface area contributed by atoms with E-state index in [2.05, 4.69) is 67.0 Å². The molecule has 2 atom stereocenters. The largest absolute Gasteiger partial charge is 0.368 e. The van der Waals surface area contributed by atoms with E-state index in [1.165, 1.54) is 0 Å². The van der Waals surface area contributed by atoms with Crippen molar-refractivity contribution in [3.63, 3.8) is 0 Å². The number of piperazine rings is 1. The van der Waals surface area contributed by atoms with Gasteiger partial charge in [0.25, 0.3) is 5.91 Å². The summed E-state index contributed by atoms with van der Waals surface area (Å²) in [6, 6.07) is 4.76. The van der Waals surface area contributed by atoms with Crippen LogP contribution >= 0.6 is 0 Å². The summed E-state index contributed by atoms with van der Waals surface area (Å²) in [7, 11) is 4.10. The number of rotatable bonds is 3. The van der Waals surface area contributed by atoms with Crippen LogP contribution in [0, 0.1) is 6.92 Å². The van der Waals surface area contributed by atoms with Crippen LogP contribution in [-0.2, 0) is 11.8 Å². The molecule has 0 bridgehead atoms. The summed E-state index contributed by atoms with van der Waals surface area (Å²) in [5, 5.41) is 5.61. The molecule has 1 aromatic carbocycles. The highest BCUT2D eigenvalue weighted by Crippen LogP contribution is 2.25. The zero-order chi connectivity index (χ0) is 24.3. The Morgan fingerprint density at radius 2 is 1.88 bits per heavy atom. The molecule has 3 heterocycles. The first kappa shape index (κ1) is 24.8. The molecule has 178 valence electrons. The molecule has 2 aliphatic rings. The Morgan fingerprint density at radius 3 is 2.58 bits per heavy atom.